The van der Waals surface area contributed by atoms with Crippen LogP contribution < -0.4 is 15.0 Å². The van der Waals surface area contributed by atoms with E-state index in [9.17, 15) is 18.0 Å². The number of ether oxygens (including phenoxy) is 4. The average molecular weight is 611 g/mol. The maximum atomic E-state index is 13.2. The van der Waals surface area contributed by atoms with E-state index in [0.717, 1.165) is 23.4 Å². The summed E-state index contributed by atoms with van der Waals surface area (Å²) in [5.41, 5.74) is 2.26. The van der Waals surface area contributed by atoms with E-state index < -0.39 is 17.6 Å². The highest BCUT2D eigenvalue weighted by Crippen LogP contribution is 2.35. The van der Waals surface area contributed by atoms with Gasteiger partial charge in [-0.15, -0.1) is 6.42 Å². The summed E-state index contributed by atoms with van der Waals surface area (Å²) in [6.45, 7) is 5.41. The molecule has 2 saturated heterocycles. The second-order valence-corrected chi connectivity index (χ2v) is 10.5. The van der Waals surface area contributed by atoms with Crippen molar-refractivity contribution >= 4 is 17.3 Å². The van der Waals surface area contributed by atoms with Crippen molar-refractivity contribution in [1.82, 2.24) is 9.97 Å². The molecule has 232 valence electrons. The van der Waals surface area contributed by atoms with E-state index in [1.165, 1.54) is 18.3 Å². The third-order valence-corrected chi connectivity index (χ3v) is 7.38. The van der Waals surface area contributed by atoms with Crippen LogP contribution in [-0.4, -0.2) is 74.2 Å². The summed E-state index contributed by atoms with van der Waals surface area (Å²) in [5.74, 6) is 2.27. The lowest BCUT2D eigenvalue weighted by Gasteiger charge is -2.33. The normalized spacial score (nSPS) is 18.8. The Kier molecular flexibility index (Phi) is 9.99. The molecule has 0 saturated carbocycles. The van der Waals surface area contributed by atoms with Gasteiger partial charge in [-0.1, -0.05) is 12.0 Å². The van der Waals surface area contributed by atoms with Gasteiger partial charge in [0.2, 0.25) is 5.88 Å². The lowest BCUT2D eigenvalue weighted by atomic mass is 10.0. The number of nitrogens with one attached hydrogen (secondary N) is 1. The van der Waals surface area contributed by atoms with Crippen molar-refractivity contribution in [1.29, 1.82) is 0 Å². The Hall–Kier alpha value is -4.18. The van der Waals surface area contributed by atoms with E-state index in [1.807, 2.05) is 13.0 Å². The van der Waals surface area contributed by atoms with Gasteiger partial charge in [0.05, 0.1) is 50.0 Å². The molecule has 0 bridgehead atoms. The van der Waals surface area contributed by atoms with E-state index in [0.29, 0.717) is 75.2 Å². The molecule has 0 spiro atoms. The Balaban J connectivity index is 1.38. The zero-order valence-electron chi connectivity index (χ0n) is 24.2. The number of anilines is 2. The summed E-state index contributed by atoms with van der Waals surface area (Å²) in [5, 5.41) is 2.67. The first kappa shape index (κ1) is 31.3. The molecule has 1 amide bonds. The molecule has 2 aromatic heterocycles. The molecule has 9 nitrogen and oxygen atoms in total. The number of alkyl halides is 3. The highest BCUT2D eigenvalue weighted by molar-refractivity contribution is 6.04. The third-order valence-electron chi connectivity index (χ3n) is 7.38. The number of terminal acetylenes is 1. The van der Waals surface area contributed by atoms with Crippen LogP contribution in [0.1, 0.15) is 34.5 Å². The molecule has 0 unspecified atom stereocenters. The number of nitrogens with zero attached hydrogens (tertiary/aromatic N) is 3. The number of aromatic nitrogens is 2. The molecule has 44 heavy (non-hydrogen) atoms. The quantitative estimate of drug-likeness (QED) is 0.263. The number of halogens is 3. The SMILES string of the molecule is C#CCOC[C@@H]1C[C@@H](Oc2ncc(-c3cc(NC(=O)c4cccc(C(F)(F)F)c4)cnc3C)cc2N2CCOCC2)CCO1. The fourth-order valence-corrected chi connectivity index (χ4v) is 5.12. The van der Waals surface area contributed by atoms with E-state index in [2.05, 4.69) is 21.1 Å². The van der Waals surface area contributed by atoms with Crippen molar-refractivity contribution in [3.63, 3.8) is 0 Å². The van der Waals surface area contributed by atoms with Crippen LogP contribution in [0.25, 0.3) is 11.1 Å². The van der Waals surface area contributed by atoms with Crippen molar-refractivity contribution in [2.75, 3.05) is 56.3 Å². The largest absolute Gasteiger partial charge is 0.473 e. The first-order valence-corrected chi connectivity index (χ1v) is 14.3. The Morgan fingerprint density at radius 3 is 2.75 bits per heavy atom. The summed E-state index contributed by atoms with van der Waals surface area (Å²) >= 11 is 0. The Morgan fingerprint density at radius 2 is 1.98 bits per heavy atom. The number of carbonyl (C=O) groups excluding carboxylic acids is 1. The summed E-state index contributed by atoms with van der Waals surface area (Å²) < 4.78 is 62.7. The third kappa shape index (κ3) is 7.85. The van der Waals surface area contributed by atoms with Gasteiger partial charge < -0.3 is 29.2 Å². The van der Waals surface area contributed by atoms with Crippen LogP contribution in [0.5, 0.6) is 5.88 Å². The minimum atomic E-state index is -4.56. The lowest BCUT2D eigenvalue weighted by Crippen LogP contribution is -2.38. The van der Waals surface area contributed by atoms with Crippen molar-refractivity contribution in [2.24, 2.45) is 0 Å². The Bertz CT molecular complexity index is 1500. The van der Waals surface area contributed by atoms with Crippen LogP contribution in [0.2, 0.25) is 0 Å². The molecule has 0 radical (unpaired) electrons. The molecular formula is C32H33F3N4O5. The van der Waals surface area contributed by atoms with Gasteiger partial charge in [-0.3, -0.25) is 9.78 Å². The molecule has 2 aliphatic rings. The molecule has 0 aliphatic carbocycles. The topological polar surface area (TPSA) is 95.0 Å². The monoisotopic (exact) mass is 610 g/mol. The highest BCUT2D eigenvalue weighted by atomic mass is 19.4. The number of carbonyl (C=O) groups is 1. The van der Waals surface area contributed by atoms with Crippen LogP contribution >= 0.6 is 0 Å². The van der Waals surface area contributed by atoms with E-state index in [1.54, 1.807) is 12.3 Å². The van der Waals surface area contributed by atoms with E-state index in [-0.39, 0.29) is 24.4 Å². The second-order valence-electron chi connectivity index (χ2n) is 10.5. The summed E-state index contributed by atoms with van der Waals surface area (Å²) in [6.07, 6.45) is 4.96. The smallest absolute Gasteiger partial charge is 0.416 e. The van der Waals surface area contributed by atoms with Crippen molar-refractivity contribution in [3.8, 4) is 29.4 Å². The maximum absolute atomic E-state index is 13.2. The first-order valence-electron chi connectivity index (χ1n) is 14.3. The van der Waals surface area contributed by atoms with Gasteiger partial charge in [-0.05, 0) is 37.3 Å². The number of amides is 1. The maximum Gasteiger partial charge on any atom is 0.416 e. The van der Waals surface area contributed by atoms with Gasteiger partial charge in [-0.25, -0.2) is 4.98 Å². The molecule has 12 heteroatoms. The number of hydrogen-bond acceptors (Lipinski definition) is 8. The lowest BCUT2D eigenvalue weighted by molar-refractivity contribution is -0.137. The minimum absolute atomic E-state index is 0.113. The Morgan fingerprint density at radius 1 is 1.16 bits per heavy atom. The minimum Gasteiger partial charge on any atom is -0.473 e. The van der Waals surface area contributed by atoms with Crippen molar-refractivity contribution < 1.29 is 36.9 Å². The van der Waals surface area contributed by atoms with Crippen LogP contribution in [0, 0.1) is 19.3 Å². The van der Waals surface area contributed by atoms with Gasteiger partial charge >= 0.3 is 6.18 Å². The number of pyridine rings is 2. The van der Waals surface area contributed by atoms with Gasteiger partial charge in [0, 0.05) is 54.5 Å². The predicted molar refractivity (Wildman–Crippen MR) is 158 cm³/mol. The van der Waals surface area contributed by atoms with Gasteiger partial charge in [0.1, 0.15) is 18.4 Å². The summed E-state index contributed by atoms with van der Waals surface area (Å²) in [6, 6.07) is 7.98. The number of benzene rings is 1. The molecule has 1 N–H and O–H groups in total. The molecule has 1 aromatic carbocycles. The molecule has 5 rings (SSSR count). The molecule has 2 aliphatic heterocycles. The zero-order chi connectivity index (χ0) is 31.1. The van der Waals surface area contributed by atoms with Crippen molar-refractivity contribution in [2.45, 2.75) is 38.1 Å². The second kappa shape index (κ2) is 14.1. The molecule has 2 atom stereocenters. The molecule has 4 heterocycles. The van der Waals surface area contributed by atoms with Crippen LogP contribution in [0.3, 0.4) is 0 Å². The Labute approximate surface area is 253 Å². The van der Waals surface area contributed by atoms with Crippen LogP contribution in [-0.2, 0) is 20.4 Å². The molecular weight excluding hydrogens is 577 g/mol. The van der Waals surface area contributed by atoms with E-state index >= 15 is 0 Å². The summed E-state index contributed by atoms with van der Waals surface area (Å²) in [7, 11) is 0. The van der Waals surface area contributed by atoms with E-state index in [4.69, 9.17) is 30.4 Å². The summed E-state index contributed by atoms with van der Waals surface area (Å²) in [4.78, 5) is 24.1. The standard InChI is InChI=1S/C32H33F3N4O5/c1-3-10-42-20-27-17-26(7-11-43-27)44-31-29(39-8-12-41-13-9-39)15-23(18-37-31)28-16-25(19-36-21(28)2)38-30(40)22-5-4-6-24(14-22)32(33,34)35/h1,4-6,14-16,18-19,26-27H,7-13,17,20H2,2H3,(H,38,40)/t26-,27-/m0/s1. The fourth-order valence-electron chi connectivity index (χ4n) is 5.12. The van der Waals surface area contributed by atoms with Gasteiger partial charge in [0.15, 0.2) is 0 Å². The molecule has 3 aromatic rings. The number of rotatable bonds is 9. The predicted octanol–water partition coefficient (Wildman–Crippen LogP) is 5.14. The van der Waals surface area contributed by atoms with Gasteiger partial charge in [0.25, 0.3) is 5.91 Å². The number of aryl methyl sites for hydroxylation is 1. The number of hydrogen-bond donors (Lipinski definition) is 1. The van der Waals surface area contributed by atoms with Crippen LogP contribution in [0.4, 0.5) is 24.5 Å². The van der Waals surface area contributed by atoms with Crippen molar-refractivity contribution in [3.05, 3.63) is 65.6 Å². The highest BCUT2D eigenvalue weighted by Gasteiger charge is 2.31. The van der Waals surface area contributed by atoms with Crippen LogP contribution in [0.15, 0.2) is 48.8 Å². The first-order chi connectivity index (χ1) is 21.2. The number of morpholine rings is 1. The van der Waals surface area contributed by atoms with Gasteiger partial charge in [-0.2, -0.15) is 13.2 Å². The average Bonchev–Trinajstić information content (AvgIpc) is 3.03. The fraction of sp³-hybridized carbons (Fsp3) is 0.406. The zero-order valence-corrected chi connectivity index (χ0v) is 24.2. The molecule has 2 fully saturated rings.